The zero-order chi connectivity index (χ0) is 12.8. The predicted octanol–water partition coefficient (Wildman–Crippen LogP) is 1.52. The fourth-order valence-electron chi connectivity index (χ4n) is 1.64. The van der Waals surface area contributed by atoms with Gasteiger partial charge in [0.15, 0.2) is 0 Å². The number of aliphatic hydroxyl groups is 1. The third-order valence-electron chi connectivity index (χ3n) is 2.64. The maximum absolute atomic E-state index is 8.72. The molecule has 17 heavy (non-hydrogen) atoms. The van der Waals surface area contributed by atoms with Gasteiger partial charge in [0.05, 0.1) is 13.2 Å². The van der Waals surface area contributed by atoms with Crippen LogP contribution in [0.4, 0.5) is 0 Å². The molecule has 0 heterocycles. The number of nitrogens with zero attached hydrogens (tertiary/aromatic N) is 1. The molecular formula is C13H29NO3. The van der Waals surface area contributed by atoms with Crippen LogP contribution >= 0.6 is 0 Å². The van der Waals surface area contributed by atoms with Crippen LogP contribution in [0.5, 0.6) is 0 Å². The fraction of sp³-hybridized carbons (Fsp3) is 1.00. The summed E-state index contributed by atoms with van der Waals surface area (Å²) in [4.78, 5) is 2.38. The van der Waals surface area contributed by atoms with Gasteiger partial charge in [-0.1, -0.05) is 0 Å². The number of hydrogen-bond acceptors (Lipinski definition) is 4. The Morgan fingerprint density at radius 2 is 1.41 bits per heavy atom. The summed E-state index contributed by atoms with van der Waals surface area (Å²) in [5, 5.41) is 8.72. The Hall–Kier alpha value is -0.160. The van der Waals surface area contributed by atoms with Crippen molar-refractivity contribution in [3.8, 4) is 0 Å². The van der Waals surface area contributed by atoms with Crippen molar-refractivity contribution in [2.45, 2.75) is 33.1 Å². The molecule has 0 fully saturated rings. The zero-order valence-corrected chi connectivity index (χ0v) is 11.5. The molecule has 0 spiro atoms. The van der Waals surface area contributed by atoms with Gasteiger partial charge in [0, 0.05) is 32.9 Å². The van der Waals surface area contributed by atoms with Crippen LogP contribution in [0.1, 0.15) is 33.1 Å². The highest BCUT2D eigenvalue weighted by Gasteiger charge is 2.04. The molecule has 0 aromatic rings. The highest BCUT2D eigenvalue weighted by atomic mass is 16.5. The summed E-state index contributed by atoms with van der Waals surface area (Å²) in [6, 6.07) is 0. The molecule has 4 heteroatoms. The molecular weight excluding hydrogens is 218 g/mol. The second-order valence-corrected chi connectivity index (χ2v) is 4.02. The van der Waals surface area contributed by atoms with Crippen LogP contribution in [0, 0.1) is 0 Å². The van der Waals surface area contributed by atoms with Crippen molar-refractivity contribution in [1.82, 2.24) is 4.90 Å². The van der Waals surface area contributed by atoms with Gasteiger partial charge in [-0.3, -0.25) is 4.90 Å². The molecule has 0 saturated heterocycles. The summed E-state index contributed by atoms with van der Waals surface area (Å²) in [5.41, 5.74) is 0. The molecule has 0 bridgehead atoms. The predicted molar refractivity (Wildman–Crippen MR) is 70.4 cm³/mol. The maximum Gasteiger partial charge on any atom is 0.0593 e. The van der Waals surface area contributed by atoms with E-state index in [0.29, 0.717) is 6.61 Å². The van der Waals surface area contributed by atoms with Crippen molar-refractivity contribution in [1.29, 1.82) is 0 Å². The van der Waals surface area contributed by atoms with Crippen molar-refractivity contribution >= 4 is 0 Å². The first-order valence-electron chi connectivity index (χ1n) is 6.83. The van der Waals surface area contributed by atoms with Gasteiger partial charge in [0.25, 0.3) is 0 Å². The van der Waals surface area contributed by atoms with Crippen LogP contribution in [0.15, 0.2) is 0 Å². The number of rotatable bonds is 13. The molecule has 0 aliphatic rings. The minimum Gasteiger partial charge on any atom is -0.396 e. The van der Waals surface area contributed by atoms with Crippen LogP contribution in [-0.4, -0.2) is 62.7 Å². The third kappa shape index (κ3) is 12.1. The summed E-state index contributed by atoms with van der Waals surface area (Å²) >= 11 is 0. The van der Waals surface area contributed by atoms with E-state index in [1.165, 1.54) is 0 Å². The Kier molecular flexibility index (Phi) is 13.8. The summed E-state index contributed by atoms with van der Waals surface area (Å²) in [6.07, 6.45) is 3.14. The summed E-state index contributed by atoms with van der Waals surface area (Å²) in [6.45, 7) is 10.5. The van der Waals surface area contributed by atoms with E-state index in [9.17, 15) is 0 Å². The van der Waals surface area contributed by atoms with Crippen molar-refractivity contribution in [3.05, 3.63) is 0 Å². The monoisotopic (exact) mass is 247 g/mol. The van der Waals surface area contributed by atoms with E-state index >= 15 is 0 Å². The van der Waals surface area contributed by atoms with Crippen molar-refractivity contribution in [3.63, 3.8) is 0 Å². The van der Waals surface area contributed by atoms with Crippen LogP contribution < -0.4 is 0 Å². The summed E-state index contributed by atoms with van der Waals surface area (Å²) in [7, 11) is 0. The molecule has 0 radical (unpaired) electrons. The highest BCUT2D eigenvalue weighted by Crippen LogP contribution is 1.99. The van der Waals surface area contributed by atoms with Gasteiger partial charge in [0.2, 0.25) is 0 Å². The molecule has 1 N–H and O–H groups in total. The van der Waals surface area contributed by atoms with E-state index < -0.39 is 0 Å². The third-order valence-corrected chi connectivity index (χ3v) is 2.64. The SMILES string of the molecule is CCOCCN(CCCCCO)CCOCC. The van der Waals surface area contributed by atoms with E-state index in [2.05, 4.69) is 4.90 Å². The molecule has 0 aliphatic carbocycles. The Labute approximate surface area is 106 Å². The summed E-state index contributed by atoms with van der Waals surface area (Å²) < 4.78 is 10.8. The molecule has 104 valence electrons. The lowest BCUT2D eigenvalue weighted by Crippen LogP contribution is -2.32. The summed E-state index contributed by atoms with van der Waals surface area (Å²) in [5.74, 6) is 0. The number of aliphatic hydroxyl groups excluding tert-OH is 1. The minimum absolute atomic E-state index is 0.303. The number of hydrogen-bond donors (Lipinski definition) is 1. The largest absolute Gasteiger partial charge is 0.396 e. The van der Waals surface area contributed by atoms with E-state index in [1.807, 2.05) is 13.8 Å². The molecule has 0 aliphatic heterocycles. The van der Waals surface area contributed by atoms with Gasteiger partial charge in [0.1, 0.15) is 0 Å². The number of ether oxygens (including phenoxy) is 2. The van der Waals surface area contributed by atoms with Gasteiger partial charge in [-0.15, -0.1) is 0 Å². The first-order valence-corrected chi connectivity index (χ1v) is 6.83. The first-order chi connectivity index (χ1) is 8.35. The Morgan fingerprint density at radius 3 is 1.88 bits per heavy atom. The van der Waals surface area contributed by atoms with E-state index in [1.54, 1.807) is 0 Å². The van der Waals surface area contributed by atoms with Crippen molar-refractivity contribution in [2.24, 2.45) is 0 Å². The van der Waals surface area contributed by atoms with E-state index in [-0.39, 0.29) is 0 Å². The van der Waals surface area contributed by atoms with Gasteiger partial charge in [-0.05, 0) is 39.7 Å². The van der Waals surface area contributed by atoms with E-state index in [0.717, 1.165) is 65.3 Å². The van der Waals surface area contributed by atoms with Crippen LogP contribution in [0.3, 0.4) is 0 Å². The maximum atomic E-state index is 8.72. The topological polar surface area (TPSA) is 41.9 Å². The smallest absolute Gasteiger partial charge is 0.0593 e. The molecule has 0 aromatic carbocycles. The lowest BCUT2D eigenvalue weighted by molar-refractivity contribution is 0.0818. The fourth-order valence-corrected chi connectivity index (χ4v) is 1.64. The average molecular weight is 247 g/mol. The first kappa shape index (κ1) is 16.8. The Bertz CT molecular complexity index is 135. The Balaban J connectivity index is 3.60. The van der Waals surface area contributed by atoms with Gasteiger partial charge < -0.3 is 14.6 Å². The Morgan fingerprint density at radius 1 is 0.824 bits per heavy atom. The van der Waals surface area contributed by atoms with Gasteiger partial charge >= 0.3 is 0 Å². The molecule has 0 rings (SSSR count). The highest BCUT2D eigenvalue weighted by molar-refractivity contribution is 4.57. The van der Waals surface area contributed by atoms with Crippen LogP contribution in [0.2, 0.25) is 0 Å². The lowest BCUT2D eigenvalue weighted by Gasteiger charge is -2.21. The van der Waals surface area contributed by atoms with Gasteiger partial charge in [-0.2, -0.15) is 0 Å². The normalized spacial score (nSPS) is 11.3. The quantitative estimate of drug-likeness (QED) is 0.501. The molecule has 0 atom stereocenters. The van der Waals surface area contributed by atoms with Crippen LogP contribution in [0.25, 0.3) is 0 Å². The van der Waals surface area contributed by atoms with Gasteiger partial charge in [-0.25, -0.2) is 0 Å². The number of unbranched alkanes of at least 4 members (excludes halogenated alkanes) is 2. The second-order valence-electron chi connectivity index (χ2n) is 4.02. The molecule has 0 unspecified atom stereocenters. The lowest BCUT2D eigenvalue weighted by atomic mass is 10.2. The standard InChI is InChI=1S/C13H29NO3/c1-3-16-12-9-14(10-13-17-4-2)8-6-5-7-11-15/h15H,3-13H2,1-2H3. The molecule has 4 nitrogen and oxygen atoms in total. The molecule has 0 saturated carbocycles. The van der Waals surface area contributed by atoms with Crippen molar-refractivity contribution in [2.75, 3.05) is 52.7 Å². The molecule has 0 aromatic heterocycles. The second kappa shape index (κ2) is 13.9. The van der Waals surface area contributed by atoms with E-state index in [4.69, 9.17) is 14.6 Å². The minimum atomic E-state index is 0.303. The molecule has 0 amide bonds. The van der Waals surface area contributed by atoms with Crippen LogP contribution in [-0.2, 0) is 9.47 Å². The zero-order valence-electron chi connectivity index (χ0n) is 11.5. The van der Waals surface area contributed by atoms with Crippen molar-refractivity contribution < 1.29 is 14.6 Å². The average Bonchev–Trinajstić information content (AvgIpc) is 2.34.